The monoisotopic (exact) mass is 572 g/mol. The first kappa shape index (κ1) is 28.3. The van der Waals surface area contributed by atoms with Crippen molar-refractivity contribution in [1.82, 2.24) is 14.5 Å². The smallest absolute Gasteiger partial charge is 0.257 e. The number of piperidine rings is 2. The van der Waals surface area contributed by atoms with Gasteiger partial charge < -0.3 is 15.5 Å². The Morgan fingerprint density at radius 3 is 2.10 bits per heavy atom. The highest BCUT2D eigenvalue weighted by Crippen LogP contribution is 2.45. The standard InChI is InChI=1S/C29H40N4O4S2/c1-28(2)19-22-23(27(35)32-15-7-5-8-16-32)26(38-24(22)29(3,4)31-28)30-25(34)20-11-13-21(14-12-20)39(36,37)33-17-9-6-10-18-33/h11-14,31H,5-10,15-19H2,1-4H3,(H,30,34). The molecule has 0 radical (unpaired) electrons. The van der Waals surface area contributed by atoms with Crippen molar-refractivity contribution < 1.29 is 18.0 Å². The number of rotatable bonds is 5. The fraction of sp³-hybridized carbons (Fsp3) is 0.586. The Kier molecular flexibility index (Phi) is 7.69. The molecule has 3 aliphatic heterocycles. The van der Waals surface area contributed by atoms with Crippen LogP contribution in [0.2, 0.25) is 0 Å². The van der Waals surface area contributed by atoms with E-state index >= 15 is 0 Å². The van der Waals surface area contributed by atoms with Crippen LogP contribution < -0.4 is 10.6 Å². The highest BCUT2D eigenvalue weighted by atomic mass is 32.2. The predicted octanol–water partition coefficient (Wildman–Crippen LogP) is 4.96. The maximum atomic E-state index is 13.9. The van der Waals surface area contributed by atoms with E-state index in [1.165, 1.54) is 27.8 Å². The number of carbonyl (C=O) groups is 2. The normalized spacial score (nSPS) is 21.3. The van der Waals surface area contributed by atoms with Gasteiger partial charge in [0.2, 0.25) is 10.0 Å². The molecule has 0 saturated carbocycles. The SMILES string of the molecule is CC1(C)Cc2c(sc(NC(=O)c3ccc(S(=O)(=O)N4CCCCC4)cc3)c2C(=O)N2CCCCC2)C(C)(C)N1. The Hall–Kier alpha value is -2.27. The summed E-state index contributed by atoms with van der Waals surface area (Å²) in [6, 6.07) is 6.13. The van der Waals surface area contributed by atoms with E-state index in [1.54, 1.807) is 12.1 Å². The molecule has 8 nitrogen and oxygen atoms in total. The Labute approximate surface area is 236 Å². The van der Waals surface area contributed by atoms with Gasteiger partial charge in [-0.2, -0.15) is 4.31 Å². The quantitative estimate of drug-likeness (QED) is 0.528. The van der Waals surface area contributed by atoms with Crippen LogP contribution in [-0.4, -0.2) is 61.2 Å². The summed E-state index contributed by atoms with van der Waals surface area (Å²) in [5.41, 5.74) is 1.42. The molecule has 3 aliphatic rings. The lowest BCUT2D eigenvalue weighted by atomic mass is 9.81. The molecule has 39 heavy (non-hydrogen) atoms. The summed E-state index contributed by atoms with van der Waals surface area (Å²) >= 11 is 1.47. The first-order valence-electron chi connectivity index (χ1n) is 14.1. The molecule has 1 aromatic carbocycles. The number of sulfonamides is 1. The average Bonchev–Trinajstić information content (AvgIpc) is 3.26. The van der Waals surface area contributed by atoms with Crippen molar-refractivity contribution in [3.05, 3.63) is 45.8 Å². The zero-order valence-electron chi connectivity index (χ0n) is 23.4. The first-order chi connectivity index (χ1) is 18.4. The van der Waals surface area contributed by atoms with Gasteiger partial charge in [-0.3, -0.25) is 9.59 Å². The van der Waals surface area contributed by atoms with Crippen molar-refractivity contribution in [2.75, 3.05) is 31.5 Å². The third-order valence-electron chi connectivity index (χ3n) is 8.00. The van der Waals surface area contributed by atoms with Crippen LogP contribution in [0.1, 0.15) is 97.4 Å². The van der Waals surface area contributed by atoms with Gasteiger partial charge in [-0.1, -0.05) is 6.42 Å². The lowest BCUT2D eigenvalue weighted by molar-refractivity contribution is 0.0723. The molecular formula is C29H40N4O4S2. The van der Waals surface area contributed by atoms with Gasteiger partial charge in [0.15, 0.2) is 0 Å². The Balaban J connectivity index is 1.45. The molecule has 0 aliphatic carbocycles. The maximum Gasteiger partial charge on any atom is 0.257 e. The molecule has 2 N–H and O–H groups in total. The second kappa shape index (κ2) is 10.6. The predicted molar refractivity (Wildman–Crippen MR) is 155 cm³/mol. The molecule has 0 spiro atoms. The summed E-state index contributed by atoms with van der Waals surface area (Å²) in [7, 11) is -3.57. The molecule has 0 bridgehead atoms. The second-order valence-electron chi connectivity index (χ2n) is 12.2. The number of likely N-dealkylation sites (tertiary alicyclic amines) is 1. The summed E-state index contributed by atoms with van der Waals surface area (Å²) in [5.74, 6) is -0.368. The number of amides is 2. The molecule has 2 amide bonds. The molecule has 212 valence electrons. The van der Waals surface area contributed by atoms with E-state index in [1.807, 2.05) is 4.90 Å². The Morgan fingerprint density at radius 2 is 1.49 bits per heavy atom. The van der Waals surface area contributed by atoms with E-state index in [0.29, 0.717) is 35.6 Å². The third kappa shape index (κ3) is 5.66. The van der Waals surface area contributed by atoms with Crippen LogP contribution in [-0.2, 0) is 22.0 Å². The molecule has 1 aromatic heterocycles. The lowest BCUT2D eigenvalue weighted by Crippen LogP contribution is -2.55. The fourth-order valence-corrected chi connectivity index (χ4v) is 9.09. The number of hydrogen-bond acceptors (Lipinski definition) is 6. The molecular weight excluding hydrogens is 532 g/mol. The minimum absolute atomic E-state index is 0.0148. The Bertz CT molecular complexity index is 1350. The number of fused-ring (bicyclic) bond motifs is 1. The molecule has 0 atom stereocenters. The number of benzene rings is 1. The van der Waals surface area contributed by atoms with Gasteiger partial charge in [-0.25, -0.2) is 8.42 Å². The number of nitrogens with one attached hydrogen (secondary N) is 2. The van der Waals surface area contributed by atoms with Crippen molar-refractivity contribution in [2.24, 2.45) is 0 Å². The number of nitrogens with zero attached hydrogens (tertiary/aromatic N) is 2. The van der Waals surface area contributed by atoms with Crippen molar-refractivity contribution in [3.8, 4) is 0 Å². The Morgan fingerprint density at radius 1 is 0.897 bits per heavy atom. The minimum Gasteiger partial charge on any atom is -0.339 e. The molecule has 2 aromatic rings. The van der Waals surface area contributed by atoms with Gasteiger partial charge in [0.25, 0.3) is 11.8 Å². The van der Waals surface area contributed by atoms with Crippen molar-refractivity contribution in [3.63, 3.8) is 0 Å². The van der Waals surface area contributed by atoms with Gasteiger partial charge in [-0.15, -0.1) is 11.3 Å². The van der Waals surface area contributed by atoms with Crippen LogP contribution in [0.5, 0.6) is 0 Å². The zero-order valence-corrected chi connectivity index (χ0v) is 25.1. The summed E-state index contributed by atoms with van der Waals surface area (Å²) in [6.45, 7) is 11.0. The van der Waals surface area contributed by atoms with Gasteiger partial charge in [-0.05, 0) is 96.0 Å². The van der Waals surface area contributed by atoms with E-state index in [0.717, 1.165) is 62.1 Å². The largest absolute Gasteiger partial charge is 0.339 e. The van der Waals surface area contributed by atoms with E-state index < -0.39 is 10.0 Å². The number of thiophene rings is 1. The number of anilines is 1. The van der Waals surface area contributed by atoms with E-state index in [9.17, 15) is 18.0 Å². The zero-order chi connectivity index (χ0) is 28.0. The molecule has 2 fully saturated rings. The van der Waals surface area contributed by atoms with Crippen LogP contribution >= 0.6 is 11.3 Å². The van der Waals surface area contributed by atoms with Crippen LogP contribution in [0.15, 0.2) is 29.2 Å². The topological polar surface area (TPSA) is 98.8 Å². The molecule has 5 rings (SSSR count). The first-order valence-corrected chi connectivity index (χ1v) is 16.3. The molecule has 10 heteroatoms. The minimum atomic E-state index is -3.57. The third-order valence-corrected chi connectivity index (χ3v) is 11.4. The van der Waals surface area contributed by atoms with E-state index in [4.69, 9.17) is 0 Å². The van der Waals surface area contributed by atoms with Crippen LogP contribution in [0.4, 0.5) is 5.00 Å². The fourth-order valence-electron chi connectivity index (χ4n) is 6.30. The van der Waals surface area contributed by atoms with E-state index in [2.05, 4.69) is 38.3 Å². The van der Waals surface area contributed by atoms with Crippen LogP contribution in [0.25, 0.3) is 0 Å². The van der Waals surface area contributed by atoms with Crippen molar-refractivity contribution in [2.45, 2.75) is 88.6 Å². The lowest BCUT2D eigenvalue weighted by Gasteiger charge is -2.42. The summed E-state index contributed by atoms with van der Waals surface area (Å²) in [4.78, 5) is 30.5. The highest BCUT2D eigenvalue weighted by molar-refractivity contribution is 7.89. The van der Waals surface area contributed by atoms with E-state index in [-0.39, 0.29) is 27.8 Å². The van der Waals surface area contributed by atoms with Gasteiger partial charge in [0.1, 0.15) is 5.00 Å². The van der Waals surface area contributed by atoms with Gasteiger partial charge in [0.05, 0.1) is 10.5 Å². The average molecular weight is 573 g/mol. The van der Waals surface area contributed by atoms with Gasteiger partial charge >= 0.3 is 0 Å². The summed E-state index contributed by atoms with van der Waals surface area (Å²) < 4.78 is 27.6. The summed E-state index contributed by atoms with van der Waals surface area (Å²) in [5, 5.41) is 7.29. The van der Waals surface area contributed by atoms with Crippen molar-refractivity contribution in [1.29, 1.82) is 0 Å². The highest BCUT2D eigenvalue weighted by Gasteiger charge is 2.42. The molecule has 2 saturated heterocycles. The van der Waals surface area contributed by atoms with Crippen LogP contribution in [0, 0.1) is 0 Å². The van der Waals surface area contributed by atoms with Gasteiger partial charge in [0, 0.05) is 47.7 Å². The number of hydrogen-bond donors (Lipinski definition) is 2. The second-order valence-corrected chi connectivity index (χ2v) is 15.2. The number of carbonyl (C=O) groups excluding carboxylic acids is 2. The molecule has 0 unspecified atom stereocenters. The van der Waals surface area contributed by atoms with Crippen molar-refractivity contribution >= 4 is 38.2 Å². The molecule has 4 heterocycles. The maximum absolute atomic E-state index is 13.9. The van der Waals surface area contributed by atoms with Crippen LogP contribution in [0.3, 0.4) is 0 Å². The summed E-state index contributed by atoms with van der Waals surface area (Å²) in [6.07, 6.45) is 6.58.